The number of hydrogen-bond donors (Lipinski definition) is 2. The fourth-order valence-electron chi connectivity index (χ4n) is 3.03. The lowest BCUT2D eigenvalue weighted by Crippen LogP contribution is -2.09. The van der Waals surface area contributed by atoms with Crippen molar-refractivity contribution in [2.24, 2.45) is 0 Å². The second-order valence-corrected chi connectivity index (χ2v) is 8.39. The van der Waals surface area contributed by atoms with Crippen molar-refractivity contribution in [1.82, 2.24) is 9.97 Å². The number of anilines is 3. The summed E-state index contributed by atoms with van der Waals surface area (Å²) in [6, 6.07) is 14.9. The van der Waals surface area contributed by atoms with Crippen molar-refractivity contribution < 1.29 is 4.39 Å². The standard InChI is InChI=1S/C21H18BrFN4S/c1-12-9-14(23)11-15(10-12)25-21-26-19-16(5-3-6-17(19)22)20(27-21)24-13(2)18-7-4-8-28-18/h3-11,13H,1-2H3,(H2,24,25,26,27)/t13-/m1/s1. The van der Waals surface area contributed by atoms with Gasteiger partial charge in [-0.3, -0.25) is 0 Å². The molecule has 28 heavy (non-hydrogen) atoms. The predicted octanol–water partition coefficient (Wildman–Crippen LogP) is 6.82. The molecule has 1 atom stereocenters. The van der Waals surface area contributed by atoms with Crippen molar-refractivity contribution in [3.8, 4) is 0 Å². The van der Waals surface area contributed by atoms with Gasteiger partial charge in [-0.2, -0.15) is 4.98 Å². The number of hydrogen-bond acceptors (Lipinski definition) is 5. The van der Waals surface area contributed by atoms with Crippen molar-refractivity contribution >= 4 is 55.6 Å². The molecule has 0 aliphatic carbocycles. The first kappa shape index (κ1) is 18.8. The lowest BCUT2D eigenvalue weighted by molar-refractivity contribution is 0.627. The molecule has 2 aromatic heterocycles. The molecule has 0 radical (unpaired) electrons. The average molecular weight is 457 g/mol. The van der Waals surface area contributed by atoms with Gasteiger partial charge in [-0.15, -0.1) is 11.3 Å². The van der Waals surface area contributed by atoms with Crippen molar-refractivity contribution in [3.63, 3.8) is 0 Å². The molecule has 4 nitrogen and oxygen atoms in total. The Balaban J connectivity index is 1.76. The Morgan fingerprint density at radius 1 is 1.11 bits per heavy atom. The predicted molar refractivity (Wildman–Crippen MR) is 118 cm³/mol. The zero-order valence-corrected chi connectivity index (χ0v) is 17.7. The number of aromatic nitrogens is 2. The molecule has 0 saturated heterocycles. The van der Waals surface area contributed by atoms with Crippen molar-refractivity contribution in [3.05, 3.63) is 74.6 Å². The van der Waals surface area contributed by atoms with E-state index in [4.69, 9.17) is 0 Å². The van der Waals surface area contributed by atoms with E-state index in [1.807, 2.05) is 37.3 Å². The molecule has 7 heteroatoms. The van der Waals surface area contributed by atoms with Crippen LogP contribution in [0.4, 0.5) is 21.8 Å². The number of fused-ring (bicyclic) bond motifs is 1. The van der Waals surface area contributed by atoms with Gasteiger partial charge in [0, 0.05) is 20.4 Å². The topological polar surface area (TPSA) is 49.8 Å². The van der Waals surface area contributed by atoms with Gasteiger partial charge in [0.25, 0.3) is 0 Å². The number of nitrogens with zero attached hydrogens (tertiary/aromatic N) is 2. The Kier molecular flexibility index (Phi) is 5.28. The molecular formula is C21H18BrFN4S. The maximum atomic E-state index is 13.8. The molecule has 4 aromatic rings. The minimum atomic E-state index is -0.297. The van der Waals surface area contributed by atoms with Crippen LogP contribution in [0.25, 0.3) is 10.9 Å². The number of thiophene rings is 1. The largest absolute Gasteiger partial charge is 0.362 e. The third-order valence-corrected chi connectivity index (χ3v) is 5.99. The number of para-hydroxylation sites is 1. The second-order valence-electron chi connectivity index (χ2n) is 6.56. The van der Waals surface area contributed by atoms with Gasteiger partial charge in [-0.1, -0.05) is 12.1 Å². The Morgan fingerprint density at radius 2 is 1.96 bits per heavy atom. The van der Waals surface area contributed by atoms with Crippen LogP contribution in [0, 0.1) is 12.7 Å². The highest BCUT2D eigenvalue weighted by Gasteiger charge is 2.14. The monoisotopic (exact) mass is 456 g/mol. The summed E-state index contributed by atoms with van der Waals surface area (Å²) < 4.78 is 14.6. The van der Waals surface area contributed by atoms with Crippen LogP contribution in [0.15, 0.2) is 58.4 Å². The van der Waals surface area contributed by atoms with Gasteiger partial charge >= 0.3 is 0 Å². The molecule has 0 amide bonds. The smallest absolute Gasteiger partial charge is 0.229 e. The van der Waals surface area contributed by atoms with Crippen LogP contribution in [0.2, 0.25) is 0 Å². The number of rotatable bonds is 5. The van der Waals surface area contributed by atoms with E-state index in [0.29, 0.717) is 11.6 Å². The number of halogens is 2. The zero-order chi connectivity index (χ0) is 19.7. The van der Waals surface area contributed by atoms with Crippen LogP contribution in [-0.4, -0.2) is 9.97 Å². The highest BCUT2D eigenvalue weighted by molar-refractivity contribution is 9.10. The molecule has 0 bridgehead atoms. The van der Waals surface area contributed by atoms with Crippen molar-refractivity contribution in [2.45, 2.75) is 19.9 Å². The van der Waals surface area contributed by atoms with E-state index < -0.39 is 0 Å². The molecule has 2 heterocycles. The first-order chi connectivity index (χ1) is 13.5. The van der Waals surface area contributed by atoms with Crippen LogP contribution < -0.4 is 10.6 Å². The fraction of sp³-hybridized carbons (Fsp3) is 0.143. The highest BCUT2D eigenvalue weighted by atomic mass is 79.9. The summed E-state index contributed by atoms with van der Waals surface area (Å²) in [5, 5.41) is 9.59. The van der Waals surface area contributed by atoms with Gasteiger partial charge in [0.15, 0.2) is 0 Å². The van der Waals surface area contributed by atoms with E-state index in [9.17, 15) is 4.39 Å². The van der Waals surface area contributed by atoms with E-state index in [2.05, 4.69) is 54.9 Å². The normalized spacial score (nSPS) is 12.1. The van der Waals surface area contributed by atoms with Crippen LogP contribution in [0.5, 0.6) is 0 Å². The molecule has 0 aliphatic heterocycles. The lowest BCUT2D eigenvalue weighted by Gasteiger charge is -2.16. The molecule has 2 aromatic carbocycles. The number of aryl methyl sites for hydroxylation is 1. The van der Waals surface area contributed by atoms with Crippen LogP contribution >= 0.6 is 27.3 Å². The molecule has 4 rings (SSSR count). The minimum Gasteiger partial charge on any atom is -0.362 e. The molecule has 0 spiro atoms. The Labute approximate surface area is 175 Å². The summed E-state index contributed by atoms with van der Waals surface area (Å²) >= 11 is 5.27. The van der Waals surface area contributed by atoms with E-state index >= 15 is 0 Å². The molecule has 0 aliphatic rings. The quantitative estimate of drug-likeness (QED) is 0.345. The summed E-state index contributed by atoms with van der Waals surface area (Å²) in [6.45, 7) is 3.95. The highest BCUT2D eigenvalue weighted by Crippen LogP contribution is 2.31. The SMILES string of the molecule is Cc1cc(F)cc(Nc2nc(N[C@H](C)c3cccs3)c3cccc(Br)c3n2)c1. The second kappa shape index (κ2) is 7.85. The summed E-state index contributed by atoms with van der Waals surface area (Å²) in [5.74, 6) is 0.835. The van der Waals surface area contributed by atoms with Gasteiger partial charge in [-0.25, -0.2) is 9.37 Å². The third kappa shape index (κ3) is 4.00. The van der Waals surface area contributed by atoms with E-state index in [1.54, 1.807) is 11.3 Å². The summed E-state index contributed by atoms with van der Waals surface area (Å²) in [4.78, 5) is 10.5. The van der Waals surface area contributed by atoms with Gasteiger partial charge in [0.05, 0.1) is 11.6 Å². The van der Waals surface area contributed by atoms with Gasteiger partial charge in [-0.05, 0) is 77.1 Å². The van der Waals surface area contributed by atoms with E-state index in [1.165, 1.54) is 17.0 Å². The van der Waals surface area contributed by atoms with Gasteiger partial charge in [0.2, 0.25) is 5.95 Å². The van der Waals surface area contributed by atoms with Crippen molar-refractivity contribution in [1.29, 1.82) is 0 Å². The molecule has 142 valence electrons. The Morgan fingerprint density at radius 3 is 2.71 bits per heavy atom. The first-order valence-corrected chi connectivity index (χ1v) is 10.5. The fourth-order valence-corrected chi connectivity index (χ4v) is 4.22. The van der Waals surface area contributed by atoms with E-state index in [0.717, 1.165) is 26.8 Å². The summed E-state index contributed by atoms with van der Waals surface area (Å²) in [6.07, 6.45) is 0. The molecule has 0 unspecified atom stereocenters. The van der Waals surface area contributed by atoms with Crippen molar-refractivity contribution in [2.75, 3.05) is 10.6 Å². The van der Waals surface area contributed by atoms with E-state index in [-0.39, 0.29) is 11.9 Å². The molecule has 2 N–H and O–H groups in total. The number of nitrogens with one attached hydrogen (secondary N) is 2. The molecular weight excluding hydrogens is 439 g/mol. The third-order valence-electron chi connectivity index (χ3n) is 4.30. The first-order valence-electron chi connectivity index (χ1n) is 8.80. The molecule has 0 fully saturated rings. The van der Waals surface area contributed by atoms with Crippen LogP contribution in [-0.2, 0) is 0 Å². The lowest BCUT2D eigenvalue weighted by atomic mass is 10.2. The Bertz CT molecular complexity index is 1110. The zero-order valence-electron chi connectivity index (χ0n) is 15.3. The summed E-state index contributed by atoms with van der Waals surface area (Å²) in [5.41, 5.74) is 2.23. The maximum absolute atomic E-state index is 13.8. The minimum absolute atomic E-state index is 0.0985. The summed E-state index contributed by atoms with van der Waals surface area (Å²) in [7, 11) is 0. The molecule has 0 saturated carbocycles. The van der Waals surface area contributed by atoms with Crippen LogP contribution in [0.1, 0.15) is 23.4 Å². The van der Waals surface area contributed by atoms with Gasteiger partial charge < -0.3 is 10.6 Å². The maximum Gasteiger partial charge on any atom is 0.229 e. The Hall–Kier alpha value is -2.51. The van der Waals surface area contributed by atoms with Gasteiger partial charge in [0.1, 0.15) is 11.6 Å². The average Bonchev–Trinajstić information content (AvgIpc) is 3.16. The van der Waals surface area contributed by atoms with Crippen LogP contribution in [0.3, 0.4) is 0 Å². The number of benzene rings is 2.